The zero-order valence-electron chi connectivity index (χ0n) is 19.1. The molecule has 8 nitrogen and oxygen atoms in total. The van der Waals surface area contributed by atoms with Gasteiger partial charge < -0.3 is 19.5 Å². The highest BCUT2D eigenvalue weighted by molar-refractivity contribution is 7.14. The van der Waals surface area contributed by atoms with Crippen molar-refractivity contribution >= 4 is 34.0 Å². The van der Waals surface area contributed by atoms with Crippen LogP contribution >= 0.6 is 11.3 Å². The smallest absolute Gasteiger partial charge is 0.319 e. The molecule has 0 bridgehead atoms. The molecule has 10 heteroatoms. The number of thiazole rings is 1. The van der Waals surface area contributed by atoms with Crippen LogP contribution in [0.5, 0.6) is 0 Å². The van der Waals surface area contributed by atoms with Gasteiger partial charge in [-0.1, -0.05) is 30.3 Å². The number of halogens is 1. The summed E-state index contributed by atoms with van der Waals surface area (Å²) in [7, 11) is 0. The molecule has 1 atom stereocenters. The lowest BCUT2D eigenvalue weighted by molar-refractivity contribution is -0.144. The van der Waals surface area contributed by atoms with Crippen LogP contribution in [0.25, 0.3) is 0 Å². The molecule has 1 aliphatic rings. The van der Waals surface area contributed by atoms with Crippen molar-refractivity contribution in [2.45, 2.75) is 38.6 Å². The fourth-order valence-corrected chi connectivity index (χ4v) is 3.86. The lowest BCUT2D eigenvalue weighted by Crippen LogP contribution is -2.39. The third-order valence-corrected chi connectivity index (χ3v) is 5.76. The Labute approximate surface area is 205 Å². The highest BCUT2D eigenvalue weighted by Crippen LogP contribution is 2.26. The van der Waals surface area contributed by atoms with Gasteiger partial charge >= 0.3 is 5.95 Å². The normalized spacial score (nSPS) is 14.9. The van der Waals surface area contributed by atoms with Crippen LogP contribution < -0.4 is 10.6 Å². The van der Waals surface area contributed by atoms with E-state index in [-0.39, 0.29) is 24.1 Å². The van der Waals surface area contributed by atoms with Gasteiger partial charge in [0.1, 0.15) is 5.82 Å². The number of nitrogens with one attached hydrogen (secondary N) is 2. The average molecular weight is 498 g/mol. The van der Waals surface area contributed by atoms with Gasteiger partial charge in [0.05, 0.1) is 12.1 Å². The van der Waals surface area contributed by atoms with Crippen molar-refractivity contribution < 1.29 is 28.2 Å². The summed E-state index contributed by atoms with van der Waals surface area (Å²) in [5.41, 5.74) is 0.748. The number of aromatic nitrogens is 1. The SMILES string of the molecule is CC(C)(OC1=COC(Cc2ccccc2)O1)C(=O)Nc1nc(CC(=O)Nc2ccc(F)cc2)cs1. The molecule has 1 aliphatic heterocycles. The number of hydrogen-bond donors (Lipinski definition) is 2. The Hall–Kier alpha value is -3.92. The van der Waals surface area contributed by atoms with E-state index in [1.165, 1.54) is 41.9 Å². The third-order valence-electron chi connectivity index (χ3n) is 4.95. The standard InChI is InChI=1S/C25H24FN3O5S/c1-25(2,34-22-14-32-21(33-22)12-16-6-4-3-5-7-16)23(31)29-24-28-19(15-35-24)13-20(30)27-18-10-8-17(26)9-11-18/h3-11,14-15,21H,12-13H2,1-2H3,(H,27,30)(H,28,29,31). The molecule has 0 aliphatic carbocycles. The first-order valence-corrected chi connectivity index (χ1v) is 11.7. The number of carbonyl (C=O) groups is 2. The maximum atomic E-state index is 13.0. The summed E-state index contributed by atoms with van der Waals surface area (Å²) in [6.07, 6.45) is 1.36. The molecule has 2 aromatic carbocycles. The number of anilines is 2. The van der Waals surface area contributed by atoms with Gasteiger partial charge in [0.25, 0.3) is 5.91 Å². The number of nitrogens with zero attached hydrogens (tertiary/aromatic N) is 1. The Morgan fingerprint density at radius 2 is 1.86 bits per heavy atom. The topological polar surface area (TPSA) is 98.8 Å². The van der Waals surface area contributed by atoms with Crippen LogP contribution in [0.15, 0.2) is 72.2 Å². The number of carbonyl (C=O) groups excluding carboxylic acids is 2. The molecule has 2 N–H and O–H groups in total. The zero-order chi connectivity index (χ0) is 24.8. The van der Waals surface area contributed by atoms with Crippen molar-refractivity contribution in [2.75, 3.05) is 10.6 Å². The maximum absolute atomic E-state index is 13.0. The minimum atomic E-state index is -1.28. The molecule has 35 heavy (non-hydrogen) atoms. The Morgan fingerprint density at radius 1 is 1.11 bits per heavy atom. The maximum Gasteiger partial charge on any atom is 0.319 e. The summed E-state index contributed by atoms with van der Waals surface area (Å²) < 4.78 is 29.9. The van der Waals surface area contributed by atoms with Crippen LogP contribution in [0.2, 0.25) is 0 Å². The average Bonchev–Trinajstić information content (AvgIpc) is 3.44. The molecule has 0 radical (unpaired) electrons. The van der Waals surface area contributed by atoms with Crippen LogP contribution in [-0.2, 0) is 36.6 Å². The summed E-state index contributed by atoms with van der Waals surface area (Å²) in [5, 5.41) is 7.38. The van der Waals surface area contributed by atoms with E-state index in [0.29, 0.717) is 22.9 Å². The van der Waals surface area contributed by atoms with E-state index in [1.807, 2.05) is 30.3 Å². The molecule has 2 heterocycles. The second-order valence-corrected chi connectivity index (χ2v) is 9.11. The molecule has 182 valence electrons. The van der Waals surface area contributed by atoms with E-state index >= 15 is 0 Å². The summed E-state index contributed by atoms with van der Waals surface area (Å²) in [4.78, 5) is 29.3. The van der Waals surface area contributed by atoms with E-state index in [1.54, 1.807) is 19.2 Å². The van der Waals surface area contributed by atoms with E-state index in [4.69, 9.17) is 14.2 Å². The highest BCUT2D eigenvalue weighted by Gasteiger charge is 2.34. The minimum Gasteiger partial charge on any atom is -0.455 e. The van der Waals surface area contributed by atoms with Gasteiger partial charge in [-0.15, -0.1) is 11.3 Å². The van der Waals surface area contributed by atoms with Gasteiger partial charge in [0.15, 0.2) is 17.0 Å². The summed E-state index contributed by atoms with van der Waals surface area (Å²) in [5.74, 6) is -1.02. The molecule has 4 rings (SSSR count). The number of ether oxygens (including phenoxy) is 3. The zero-order valence-corrected chi connectivity index (χ0v) is 19.9. The van der Waals surface area contributed by atoms with Crippen LogP contribution in [-0.4, -0.2) is 28.7 Å². The summed E-state index contributed by atoms with van der Waals surface area (Å²) >= 11 is 1.19. The van der Waals surface area contributed by atoms with E-state index in [9.17, 15) is 14.0 Å². The Balaban J connectivity index is 1.26. The van der Waals surface area contributed by atoms with Crippen LogP contribution in [0.4, 0.5) is 15.2 Å². The Bertz CT molecular complexity index is 1210. The fraction of sp³-hybridized carbons (Fsp3) is 0.240. The van der Waals surface area contributed by atoms with E-state index in [0.717, 1.165) is 5.56 Å². The minimum absolute atomic E-state index is 0.00447. The predicted octanol–water partition coefficient (Wildman–Crippen LogP) is 4.61. The second kappa shape index (κ2) is 10.6. The Kier molecular flexibility index (Phi) is 7.31. The van der Waals surface area contributed by atoms with Gasteiger partial charge in [0.2, 0.25) is 12.2 Å². The molecule has 0 saturated heterocycles. The number of hydrogen-bond acceptors (Lipinski definition) is 7. The molecule has 1 unspecified atom stereocenters. The lowest BCUT2D eigenvalue weighted by Gasteiger charge is -2.24. The van der Waals surface area contributed by atoms with Crippen molar-refractivity contribution in [3.63, 3.8) is 0 Å². The lowest BCUT2D eigenvalue weighted by atomic mass is 10.1. The molecular formula is C25H24FN3O5S. The van der Waals surface area contributed by atoms with Crippen molar-refractivity contribution in [1.29, 1.82) is 0 Å². The first kappa shape index (κ1) is 24.2. The number of rotatable bonds is 9. The van der Waals surface area contributed by atoms with Crippen LogP contribution in [0.1, 0.15) is 25.1 Å². The molecule has 1 aromatic heterocycles. The number of benzene rings is 2. The summed E-state index contributed by atoms with van der Waals surface area (Å²) in [6.45, 7) is 3.20. The molecule has 2 amide bonds. The predicted molar refractivity (Wildman–Crippen MR) is 129 cm³/mol. The molecular weight excluding hydrogens is 473 g/mol. The second-order valence-electron chi connectivity index (χ2n) is 8.25. The first-order valence-electron chi connectivity index (χ1n) is 10.8. The Morgan fingerprint density at radius 3 is 2.60 bits per heavy atom. The molecule has 0 spiro atoms. The fourth-order valence-electron chi connectivity index (χ4n) is 3.15. The number of amides is 2. The van der Waals surface area contributed by atoms with Crippen LogP contribution in [0.3, 0.4) is 0 Å². The van der Waals surface area contributed by atoms with Crippen LogP contribution in [0, 0.1) is 5.82 Å². The van der Waals surface area contributed by atoms with Gasteiger partial charge in [0, 0.05) is 17.5 Å². The van der Waals surface area contributed by atoms with Crippen molar-refractivity contribution in [3.8, 4) is 0 Å². The molecule has 0 saturated carbocycles. The quantitative estimate of drug-likeness (QED) is 0.448. The van der Waals surface area contributed by atoms with E-state index in [2.05, 4.69) is 15.6 Å². The first-order chi connectivity index (χ1) is 16.8. The van der Waals surface area contributed by atoms with Gasteiger partial charge in [-0.25, -0.2) is 9.37 Å². The van der Waals surface area contributed by atoms with Crippen molar-refractivity contribution in [2.24, 2.45) is 0 Å². The third kappa shape index (κ3) is 6.80. The monoisotopic (exact) mass is 497 g/mol. The van der Waals surface area contributed by atoms with Crippen molar-refractivity contribution in [1.82, 2.24) is 4.98 Å². The highest BCUT2D eigenvalue weighted by atomic mass is 32.1. The van der Waals surface area contributed by atoms with Gasteiger partial charge in [-0.2, -0.15) is 0 Å². The van der Waals surface area contributed by atoms with Crippen molar-refractivity contribution in [3.05, 3.63) is 89.3 Å². The summed E-state index contributed by atoms with van der Waals surface area (Å²) in [6, 6.07) is 15.2. The largest absolute Gasteiger partial charge is 0.455 e. The van der Waals surface area contributed by atoms with Gasteiger partial charge in [-0.3, -0.25) is 14.9 Å². The molecule has 0 fully saturated rings. The molecule has 3 aromatic rings. The van der Waals surface area contributed by atoms with Gasteiger partial charge in [-0.05, 0) is 43.7 Å². The van der Waals surface area contributed by atoms with E-state index < -0.39 is 17.8 Å².